The molecule has 1 aliphatic rings. The van der Waals surface area contributed by atoms with E-state index in [0.717, 1.165) is 10.2 Å². The lowest BCUT2D eigenvalue weighted by Crippen LogP contribution is -2.36. The van der Waals surface area contributed by atoms with E-state index in [9.17, 15) is 13.2 Å². The molecule has 0 aliphatic carbocycles. The van der Waals surface area contributed by atoms with E-state index in [1.165, 1.54) is 54.1 Å². The molecule has 4 rings (SSSR count). The molecule has 0 N–H and O–H groups in total. The zero-order valence-corrected chi connectivity index (χ0v) is 21.4. The number of hydrogen-bond acceptors (Lipinski definition) is 8. The average molecular weight is 532 g/mol. The summed E-state index contributed by atoms with van der Waals surface area (Å²) in [7, 11) is -0.793. The normalized spacial score (nSPS) is 13.4. The van der Waals surface area contributed by atoms with Crippen LogP contribution in [0.4, 0.5) is 0 Å². The SMILES string of the molecule is C#CCn1c(=NC(=O)c2ccc(S(=O)(=O)N(CCOC)CCOC)cc2)sc2cc3c(cc21)OCO3. The maximum atomic E-state index is 13.1. The molecule has 36 heavy (non-hydrogen) atoms. The molecule has 0 atom stereocenters. The van der Waals surface area contributed by atoms with Gasteiger partial charge in [0.05, 0.1) is 34.9 Å². The highest BCUT2D eigenvalue weighted by Gasteiger charge is 2.24. The van der Waals surface area contributed by atoms with Crippen LogP contribution in [0.3, 0.4) is 0 Å². The number of fused-ring (bicyclic) bond motifs is 2. The number of thiazole rings is 1. The summed E-state index contributed by atoms with van der Waals surface area (Å²) in [5, 5.41) is 0. The fraction of sp³-hybridized carbons (Fsp3) is 0.333. The Kier molecular flexibility index (Phi) is 8.07. The van der Waals surface area contributed by atoms with Crippen molar-refractivity contribution in [3.05, 3.63) is 46.8 Å². The van der Waals surface area contributed by atoms with Gasteiger partial charge in [0.25, 0.3) is 5.91 Å². The summed E-state index contributed by atoms with van der Waals surface area (Å²) < 4.78 is 51.0. The number of carbonyl (C=O) groups excluding carboxylic acids is 1. The topological polar surface area (TPSA) is 109 Å². The number of methoxy groups -OCH3 is 2. The van der Waals surface area contributed by atoms with Crippen LogP contribution in [0.5, 0.6) is 11.5 Å². The lowest BCUT2D eigenvalue weighted by atomic mass is 10.2. The first-order chi connectivity index (χ1) is 17.4. The molecule has 0 bridgehead atoms. The van der Waals surface area contributed by atoms with Crippen LogP contribution in [-0.2, 0) is 26.0 Å². The van der Waals surface area contributed by atoms with Crippen LogP contribution in [-0.4, -0.2) is 70.5 Å². The summed E-state index contributed by atoms with van der Waals surface area (Å²) >= 11 is 1.30. The van der Waals surface area contributed by atoms with E-state index in [2.05, 4.69) is 10.9 Å². The van der Waals surface area contributed by atoms with Crippen LogP contribution in [0.1, 0.15) is 10.4 Å². The molecular formula is C24H25N3O7S2. The third-order valence-electron chi connectivity index (χ3n) is 5.45. The Morgan fingerprint density at radius 2 is 1.78 bits per heavy atom. The molecule has 2 aromatic carbocycles. The van der Waals surface area contributed by atoms with Crippen molar-refractivity contribution >= 4 is 37.5 Å². The van der Waals surface area contributed by atoms with Crippen LogP contribution >= 0.6 is 11.3 Å². The molecule has 0 unspecified atom stereocenters. The van der Waals surface area contributed by atoms with Crippen LogP contribution in [0.15, 0.2) is 46.3 Å². The van der Waals surface area contributed by atoms with E-state index in [0.29, 0.717) is 16.3 Å². The van der Waals surface area contributed by atoms with Gasteiger partial charge >= 0.3 is 0 Å². The smallest absolute Gasteiger partial charge is 0.279 e. The van der Waals surface area contributed by atoms with Crippen molar-refractivity contribution < 1.29 is 32.2 Å². The Morgan fingerprint density at radius 3 is 2.39 bits per heavy atom. The number of amides is 1. The van der Waals surface area contributed by atoms with Gasteiger partial charge in [-0.25, -0.2) is 8.42 Å². The second-order valence-electron chi connectivity index (χ2n) is 7.68. The summed E-state index contributed by atoms with van der Waals surface area (Å²) in [4.78, 5) is 17.7. The fourth-order valence-electron chi connectivity index (χ4n) is 3.60. The Bertz CT molecular complexity index is 1460. The van der Waals surface area contributed by atoms with Crippen molar-refractivity contribution in [2.24, 2.45) is 4.99 Å². The summed E-state index contributed by atoms with van der Waals surface area (Å²) in [6.45, 7) is 1.21. The Labute approximate surface area is 212 Å². The van der Waals surface area contributed by atoms with Crippen molar-refractivity contribution in [3.63, 3.8) is 0 Å². The molecule has 0 fully saturated rings. The van der Waals surface area contributed by atoms with Gasteiger partial charge in [0.1, 0.15) is 0 Å². The van der Waals surface area contributed by atoms with E-state index < -0.39 is 15.9 Å². The highest BCUT2D eigenvalue weighted by atomic mass is 32.2. The average Bonchev–Trinajstić information content (AvgIpc) is 3.46. The predicted octanol–water partition coefficient (Wildman–Crippen LogP) is 2.09. The van der Waals surface area contributed by atoms with Crippen molar-refractivity contribution in [2.75, 3.05) is 47.3 Å². The van der Waals surface area contributed by atoms with E-state index in [1.54, 1.807) is 4.57 Å². The first kappa shape index (κ1) is 25.9. The Balaban J connectivity index is 1.63. The Morgan fingerprint density at radius 1 is 1.14 bits per heavy atom. The molecule has 1 aliphatic heterocycles. The first-order valence-corrected chi connectivity index (χ1v) is 13.2. The number of rotatable bonds is 10. The van der Waals surface area contributed by atoms with Crippen molar-refractivity contribution in [1.82, 2.24) is 8.87 Å². The monoisotopic (exact) mass is 531 g/mol. The number of benzene rings is 2. The van der Waals surface area contributed by atoms with Gasteiger partial charge in [-0.1, -0.05) is 17.3 Å². The number of sulfonamides is 1. The summed E-state index contributed by atoms with van der Waals surface area (Å²) in [6.07, 6.45) is 5.55. The largest absolute Gasteiger partial charge is 0.454 e. The molecule has 0 radical (unpaired) electrons. The maximum absolute atomic E-state index is 13.1. The molecule has 0 saturated carbocycles. The van der Waals surface area contributed by atoms with Crippen LogP contribution in [0, 0.1) is 12.3 Å². The first-order valence-electron chi connectivity index (χ1n) is 10.9. The number of aromatic nitrogens is 1. The quantitative estimate of drug-likeness (QED) is 0.369. The zero-order valence-electron chi connectivity index (χ0n) is 19.8. The molecule has 12 heteroatoms. The lowest BCUT2D eigenvalue weighted by molar-refractivity contribution is 0.0997. The second kappa shape index (κ2) is 11.2. The third kappa shape index (κ3) is 5.30. The minimum atomic E-state index is -3.80. The minimum absolute atomic E-state index is 0.0602. The lowest BCUT2D eigenvalue weighted by Gasteiger charge is -2.21. The van der Waals surface area contributed by atoms with Gasteiger partial charge < -0.3 is 23.5 Å². The number of carbonyl (C=O) groups is 1. The van der Waals surface area contributed by atoms with Gasteiger partial charge in [0.15, 0.2) is 16.3 Å². The standard InChI is InChI=1S/C24H25N3O7S2/c1-4-9-27-19-14-20-21(34-16-33-20)15-22(19)35-24(27)25-23(28)17-5-7-18(8-6-17)36(29,30)26(10-12-31-2)11-13-32-3/h1,5-8,14-15H,9-13,16H2,2-3H3. The van der Waals surface area contributed by atoms with E-state index >= 15 is 0 Å². The molecule has 3 aromatic rings. The number of ether oxygens (including phenoxy) is 4. The van der Waals surface area contributed by atoms with Crippen LogP contribution < -0.4 is 14.3 Å². The molecule has 2 heterocycles. The molecule has 1 amide bonds. The van der Waals surface area contributed by atoms with Crippen molar-refractivity contribution in [3.8, 4) is 23.8 Å². The van der Waals surface area contributed by atoms with Crippen molar-refractivity contribution in [1.29, 1.82) is 0 Å². The number of terminal acetylenes is 1. The van der Waals surface area contributed by atoms with E-state index in [1.807, 2.05) is 12.1 Å². The third-order valence-corrected chi connectivity index (χ3v) is 8.41. The van der Waals surface area contributed by atoms with E-state index in [4.69, 9.17) is 25.4 Å². The zero-order chi connectivity index (χ0) is 25.7. The molecule has 1 aromatic heterocycles. The molecular weight excluding hydrogens is 506 g/mol. The van der Waals surface area contributed by atoms with Gasteiger partial charge in [-0.05, 0) is 24.3 Å². The highest BCUT2D eigenvalue weighted by Crippen LogP contribution is 2.37. The number of hydrogen-bond donors (Lipinski definition) is 0. The molecule has 190 valence electrons. The van der Waals surface area contributed by atoms with Crippen LogP contribution in [0.25, 0.3) is 10.2 Å². The van der Waals surface area contributed by atoms with Crippen LogP contribution in [0.2, 0.25) is 0 Å². The summed E-state index contributed by atoms with van der Waals surface area (Å²) in [5.74, 6) is 3.29. The van der Waals surface area contributed by atoms with Crippen molar-refractivity contribution in [2.45, 2.75) is 11.4 Å². The minimum Gasteiger partial charge on any atom is -0.454 e. The van der Waals surface area contributed by atoms with Gasteiger partial charge in [0, 0.05) is 45.0 Å². The molecule has 0 saturated heterocycles. The summed E-state index contributed by atoms with van der Waals surface area (Å²) in [6, 6.07) is 9.32. The fourth-order valence-corrected chi connectivity index (χ4v) is 6.04. The highest BCUT2D eigenvalue weighted by molar-refractivity contribution is 7.89. The van der Waals surface area contributed by atoms with Gasteiger partial charge in [0.2, 0.25) is 16.8 Å². The van der Waals surface area contributed by atoms with E-state index in [-0.39, 0.29) is 50.1 Å². The maximum Gasteiger partial charge on any atom is 0.279 e. The predicted molar refractivity (Wildman–Crippen MR) is 134 cm³/mol. The Hall–Kier alpha value is -3.21. The molecule has 0 spiro atoms. The van der Waals surface area contributed by atoms with Gasteiger partial charge in [-0.2, -0.15) is 9.30 Å². The second-order valence-corrected chi connectivity index (χ2v) is 10.6. The number of nitrogens with zero attached hydrogens (tertiary/aromatic N) is 3. The van der Waals surface area contributed by atoms with Gasteiger partial charge in [-0.3, -0.25) is 4.79 Å². The van der Waals surface area contributed by atoms with Gasteiger partial charge in [-0.15, -0.1) is 6.42 Å². The molecule has 10 nitrogen and oxygen atoms in total. The summed E-state index contributed by atoms with van der Waals surface area (Å²) in [5.41, 5.74) is 1.02.